The Hall–Kier alpha value is -5.81. The van der Waals surface area contributed by atoms with Crippen LogP contribution in [0.3, 0.4) is 0 Å². The Labute approximate surface area is 411 Å². The van der Waals surface area contributed by atoms with Crippen LogP contribution in [0.5, 0.6) is 0 Å². The number of imidazole rings is 2. The summed E-state index contributed by atoms with van der Waals surface area (Å²) in [4.78, 5) is 63.4. The van der Waals surface area contributed by atoms with E-state index in [0.29, 0.717) is 108 Å². The molecule has 2 N–H and O–H groups in total. The van der Waals surface area contributed by atoms with Crippen molar-refractivity contribution >= 4 is 51.6 Å². The lowest BCUT2D eigenvalue weighted by atomic mass is 9.86. The van der Waals surface area contributed by atoms with E-state index in [4.69, 9.17) is 14.5 Å². The largest absolute Gasteiger partial charge is 0.481 e. The molecule has 0 atom stereocenters. The van der Waals surface area contributed by atoms with Crippen molar-refractivity contribution in [2.45, 2.75) is 154 Å². The molecule has 2 saturated heterocycles. The average molecular weight is 989 g/mol. The zero-order chi connectivity index (χ0) is 51.0. The predicted molar refractivity (Wildman–Crippen MR) is 261 cm³/mol. The van der Waals surface area contributed by atoms with Gasteiger partial charge in [0.25, 0.3) is 11.8 Å². The molecule has 0 bridgehead atoms. The van der Waals surface area contributed by atoms with Gasteiger partial charge in [-0.2, -0.15) is 0 Å². The topological polar surface area (TPSA) is 169 Å². The molecule has 0 unspecified atom stereocenters. The number of anilines is 1. The summed E-state index contributed by atoms with van der Waals surface area (Å²) in [6.45, 7) is 15.7. The minimum absolute atomic E-state index is 0.0631. The van der Waals surface area contributed by atoms with E-state index in [1.165, 1.54) is 6.26 Å². The second kappa shape index (κ2) is 20.4. The summed E-state index contributed by atoms with van der Waals surface area (Å²) in [6.07, 6.45) is 5.22. The van der Waals surface area contributed by atoms with Crippen LogP contribution in [0.2, 0.25) is 0 Å². The van der Waals surface area contributed by atoms with E-state index in [0.717, 1.165) is 33.7 Å². The molecule has 5 heterocycles. The molecule has 0 radical (unpaired) electrons. The van der Waals surface area contributed by atoms with Gasteiger partial charge in [-0.1, -0.05) is 46.7 Å². The summed E-state index contributed by atoms with van der Waals surface area (Å²) in [6, 6.07) is 12.7. The summed E-state index contributed by atoms with van der Waals surface area (Å²) >= 11 is 0. The molecule has 2 aliphatic heterocycles. The monoisotopic (exact) mass is 989 g/mol. The van der Waals surface area contributed by atoms with Gasteiger partial charge >= 0.3 is 5.97 Å². The molecule has 9 rings (SSSR count). The van der Waals surface area contributed by atoms with Gasteiger partial charge in [-0.3, -0.25) is 19.2 Å². The lowest BCUT2D eigenvalue weighted by Crippen LogP contribution is -2.41. The first kappa shape index (κ1) is 51.5. The van der Waals surface area contributed by atoms with Crippen molar-refractivity contribution in [3.63, 3.8) is 0 Å². The number of halogens is 4. The number of piperidine rings is 2. The summed E-state index contributed by atoms with van der Waals surface area (Å²) in [5.74, 6) is -4.25. The number of likely N-dealkylation sites (tertiary alicyclic amines) is 2. The third-order valence-electron chi connectivity index (χ3n) is 14.9. The van der Waals surface area contributed by atoms with Crippen molar-refractivity contribution in [3.05, 3.63) is 71.5 Å². The van der Waals surface area contributed by atoms with Crippen LogP contribution in [0.15, 0.2) is 53.3 Å². The molecule has 3 amide bonds. The van der Waals surface area contributed by atoms with Crippen LogP contribution >= 0.6 is 0 Å². The number of nitrogens with one attached hydrogen (secondary N) is 1. The molecule has 14 nitrogen and oxygen atoms in total. The Morgan fingerprint density at radius 2 is 1.04 bits per heavy atom. The van der Waals surface area contributed by atoms with Crippen LogP contribution in [0.25, 0.3) is 22.1 Å². The molecule has 71 heavy (non-hydrogen) atoms. The lowest BCUT2D eigenvalue weighted by Gasteiger charge is -2.31. The van der Waals surface area contributed by atoms with E-state index in [1.807, 2.05) is 30.3 Å². The fourth-order valence-electron chi connectivity index (χ4n) is 10.7. The first-order chi connectivity index (χ1) is 33.4. The maximum atomic E-state index is 13.7. The first-order valence-corrected chi connectivity index (χ1v) is 25.2. The van der Waals surface area contributed by atoms with Gasteiger partial charge < -0.3 is 33.9 Å². The molecule has 5 aromatic rings. The molecule has 384 valence electrons. The van der Waals surface area contributed by atoms with Crippen molar-refractivity contribution in [1.82, 2.24) is 34.1 Å². The Bertz CT molecular complexity index is 2700. The fraction of sp³-hybridized carbons (Fsp3) is 0.604. The van der Waals surface area contributed by atoms with Crippen LogP contribution < -0.4 is 5.32 Å². The Morgan fingerprint density at radius 1 is 0.634 bits per heavy atom. The molecule has 2 aliphatic carbocycles. The van der Waals surface area contributed by atoms with Gasteiger partial charge in [-0.25, -0.2) is 27.5 Å². The number of fused-ring (bicyclic) bond motifs is 2. The van der Waals surface area contributed by atoms with E-state index in [9.17, 15) is 41.8 Å². The van der Waals surface area contributed by atoms with Crippen LogP contribution in [-0.2, 0) is 33.5 Å². The molecule has 2 aromatic carbocycles. The second-order valence-electron chi connectivity index (χ2n) is 22.4. The van der Waals surface area contributed by atoms with Gasteiger partial charge in [-0.05, 0) is 99.6 Å². The highest BCUT2D eigenvalue weighted by Crippen LogP contribution is 2.40. The van der Waals surface area contributed by atoms with E-state index in [-0.39, 0.29) is 77.9 Å². The number of alkyl halides is 4. The number of amides is 3. The van der Waals surface area contributed by atoms with Crippen molar-refractivity contribution in [3.8, 4) is 0 Å². The third kappa shape index (κ3) is 12.1. The van der Waals surface area contributed by atoms with Gasteiger partial charge in [-0.15, -0.1) is 0 Å². The highest BCUT2D eigenvalue weighted by atomic mass is 19.3. The second-order valence-corrected chi connectivity index (χ2v) is 22.4. The maximum Gasteiger partial charge on any atom is 0.306 e. The quantitative estimate of drug-likeness (QED) is 0.137. The summed E-state index contributed by atoms with van der Waals surface area (Å²) in [5.41, 5.74) is 3.93. The van der Waals surface area contributed by atoms with E-state index in [2.05, 4.69) is 61.2 Å². The highest BCUT2D eigenvalue weighted by Gasteiger charge is 2.38. The average Bonchev–Trinajstić information content (AvgIpc) is 4.08. The number of nitrogens with zero attached hydrogens (tertiary/aromatic N) is 7. The molecular weight excluding hydrogens is 921 g/mol. The molecule has 4 aliphatic rings. The normalized spacial score (nSPS) is 19.7. The van der Waals surface area contributed by atoms with Crippen molar-refractivity contribution < 1.29 is 46.4 Å². The van der Waals surface area contributed by atoms with Crippen molar-refractivity contribution in [2.75, 3.05) is 31.5 Å². The van der Waals surface area contributed by atoms with Gasteiger partial charge in [0.05, 0.1) is 28.0 Å². The minimum atomic E-state index is -2.55. The molecule has 3 aromatic heterocycles. The Morgan fingerprint density at radius 3 is 1.41 bits per heavy atom. The number of aliphatic carboxylic acids is 1. The van der Waals surface area contributed by atoms with Crippen LogP contribution in [0.4, 0.5) is 23.4 Å². The summed E-state index contributed by atoms with van der Waals surface area (Å²) in [5, 5.41) is 15.6. The van der Waals surface area contributed by atoms with Crippen LogP contribution in [0, 0.1) is 23.7 Å². The van der Waals surface area contributed by atoms with Crippen LogP contribution in [-0.4, -0.2) is 101 Å². The van der Waals surface area contributed by atoms with E-state index >= 15 is 0 Å². The fourth-order valence-corrected chi connectivity index (χ4v) is 10.7. The van der Waals surface area contributed by atoms with Gasteiger partial charge in [0.2, 0.25) is 17.8 Å². The smallest absolute Gasteiger partial charge is 0.306 e. The number of carbonyl (C=O) groups is 4. The van der Waals surface area contributed by atoms with Gasteiger partial charge in [0.1, 0.15) is 17.9 Å². The maximum absolute atomic E-state index is 13.7. The molecule has 2 saturated carbocycles. The minimum Gasteiger partial charge on any atom is -0.481 e. The van der Waals surface area contributed by atoms with Gasteiger partial charge in [0, 0.05) is 98.9 Å². The highest BCUT2D eigenvalue weighted by molar-refractivity contribution is 5.99. The van der Waals surface area contributed by atoms with Crippen molar-refractivity contribution in [1.29, 1.82) is 0 Å². The lowest BCUT2D eigenvalue weighted by molar-refractivity contribution is -0.143. The number of carbonyl (C=O) groups excluding carboxylic acids is 3. The Balaban J connectivity index is 0.000000192. The molecule has 18 heteroatoms. The van der Waals surface area contributed by atoms with E-state index < -0.39 is 17.8 Å². The number of rotatable bonds is 9. The standard InChI is InChI=1S/C28H35F2N5O3.C25H33F2N3O3/c1-27(2,3)26-31-21-16-20(4-5-22(21)35(26)17-18-6-11-28(29,30)12-7-18)25(37)34-13-8-19(9-14-34)24(36)32-23-10-15-38-33-23;1-24(2,3)23-28-19-14-18(21(31)29-12-8-17(9-13-29)22(32)33)4-5-20(19)30(23)15-16-6-10-25(26,27)11-7-16/h4-5,10,15-16,18-19H,6-9,11-14,17H2,1-3H3,(H,32,33,36);4-5,14,16-17H,6-13,15H2,1-3H3,(H,32,33). The number of carboxylic acid groups (broad SMARTS) is 1. The SMILES string of the molecule is CC(C)(C)c1nc2cc(C(=O)N3CCC(C(=O)Nc4ccon4)CC3)ccc2n1CC1CCC(F)(F)CC1.CC(C)(C)c1nc2cc(C(=O)N3CCC(C(=O)O)CC3)ccc2n1CC1CCC(F)(F)CC1. The van der Waals surface area contributed by atoms with Gasteiger partial charge in [0.15, 0.2) is 5.82 Å². The molecule has 4 fully saturated rings. The first-order valence-electron chi connectivity index (χ1n) is 25.2. The summed E-state index contributed by atoms with van der Waals surface area (Å²) in [7, 11) is 0. The zero-order valence-corrected chi connectivity index (χ0v) is 41.8. The summed E-state index contributed by atoms with van der Waals surface area (Å²) < 4.78 is 63.7. The van der Waals surface area contributed by atoms with Crippen LogP contribution in [0.1, 0.15) is 151 Å². The zero-order valence-electron chi connectivity index (χ0n) is 41.8. The number of carboxylic acids is 1. The number of hydrogen-bond donors (Lipinski definition) is 2. The Kier molecular flexibility index (Phi) is 14.8. The van der Waals surface area contributed by atoms with Crippen molar-refractivity contribution in [2.24, 2.45) is 23.7 Å². The number of aromatic nitrogens is 5. The van der Waals surface area contributed by atoms with E-state index in [1.54, 1.807) is 21.9 Å². The third-order valence-corrected chi connectivity index (χ3v) is 14.9. The number of benzene rings is 2. The molecule has 0 spiro atoms. The molecular formula is C53H68F4N8O6. The predicted octanol–water partition coefficient (Wildman–Crippen LogP) is 10.7. The number of hydrogen-bond acceptors (Lipinski definition) is 8.